The molecule has 0 radical (unpaired) electrons. The number of methoxy groups -OCH3 is 1. The summed E-state index contributed by atoms with van der Waals surface area (Å²) in [4.78, 5) is 19.1. The van der Waals surface area contributed by atoms with Crippen LogP contribution in [-0.4, -0.2) is 40.7 Å². The first-order chi connectivity index (χ1) is 14.4. The maximum absolute atomic E-state index is 12.7. The number of nitrogens with zero attached hydrogens (tertiary/aromatic N) is 3. The Labute approximate surface area is 181 Å². The molecule has 3 aromatic rings. The molecular formula is C23H27ClN4O2. The first-order valence-corrected chi connectivity index (χ1v) is 10.6. The maximum atomic E-state index is 12.7. The van der Waals surface area contributed by atoms with E-state index in [-0.39, 0.29) is 6.03 Å². The number of rotatable bonds is 4. The zero-order valence-corrected chi connectivity index (χ0v) is 18.4. The number of benzene rings is 2. The second kappa shape index (κ2) is 8.56. The molecule has 2 aromatic carbocycles. The van der Waals surface area contributed by atoms with Gasteiger partial charge in [0.25, 0.3) is 0 Å². The van der Waals surface area contributed by atoms with E-state index in [1.54, 1.807) is 25.3 Å². The Kier molecular flexibility index (Phi) is 5.86. The van der Waals surface area contributed by atoms with Gasteiger partial charge in [-0.25, -0.2) is 9.78 Å². The van der Waals surface area contributed by atoms with Crippen molar-refractivity contribution in [1.82, 2.24) is 14.5 Å². The minimum absolute atomic E-state index is 0.117. The Bertz CT molecular complexity index is 1070. The lowest BCUT2D eigenvalue weighted by atomic mass is 9.97. The lowest BCUT2D eigenvalue weighted by Gasteiger charge is -2.32. The van der Waals surface area contributed by atoms with Gasteiger partial charge in [-0.3, -0.25) is 0 Å². The first-order valence-electron chi connectivity index (χ1n) is 10.3. The molecule has 30 heavy (non-hydrogen) atoms. The summed E-state index contributed by atoms with van der Waals surface area (Å²) in [7, 11) is 1.58. The van der Waals surface area contributed by atoms with Gasteiger partial charge in [-0.15, -0.1) is 0 Å². The van der Waals surface area contributed by atoms with Crippen LogP contribution in [0.5, 0.6) is 5.75 Å². The normalized spacial score (nSPS) is 14.9. The van der Waals surface area contributed by atoms with Crippen molar-refractivity contribution >= 4 is 34.4 Å². The number of hydrogen-bond donors (Lipinski definition) is 1. The van der Waals surface area contributed by atoms with E-state index < -0.39 is 0 Å². The van der Waals surface area contributed by atoms with E-state index in [9.17, 15) is 4.79 Å². The van der Waals surface area contributed by atoms with Crippen LogP contribution in [0.4, 0.5) is 10.5 Å². The number of amides is 2. The van der Waals surface area contributed by atoms with Crippen molar-refractivity contribution < 1.29 is 9.53 Å². The van der Waals surface area contributed by atoms with Crippen LogP contribution in [0.25, 0.3) is 11.0 Å². The molecule has 0 unspecified atom stereocenters. The molecular weight excluding hydrogens is 400 g/mol. The van der Waals surface area contributed by atoms with Gasteiger partial charge in [0.1, 0.15) is 5.75 Å². The Balaban J connectivity index is 1.37. The maximum Gasteiger partial charge on any atom is 0.321 e. The van der Waals surface area contributed by atoms with Crippen molar-refractivity contribution in [3.05, 3.63) is 52.8 Å². The molecule has 158 valence electrons. The third-order valence-electron chi connectivity index (χ3n) is 6.00. The van der Waals surface area contributed by atoms with E-state index in [4.69, 9.17) is 16.3 Å². The third-order valence-corrected chi connectivity index (χ3v) is 6.23. The van der Waals surface area contributed by atoms with E-state index in [1.165, 1.54) is 16.6 Å². The molecule has 1 aromatic heterocycles. The summed E-state index contributed by atoms with van der Waals surface area (Å²) in [6, 6.07) is 9.45. The molecule has 1 N–H and O–H groups in total. The number of hydrogen-bond acceptors (Lipinski definition) is 3. The molecule has 1 fully saturated rings. The fourth-order valence-corrected chi connectivity index (χ4v) is 4.20. The number of piperidine rings is 1. The lowest BCUT2D eigenvalue weighted by molar-refractivity contribution is 0.177. The second-order valence-electron chi connectivity index (χ2n) is 8.03. The fraction of sp³-hybridized carbons (Fsp3) is 0.391. The van der Waals surface area contributed by atoms with Crippen LogP contribution in [0.2, 0.25) is 5.02 Å². The van der Waals surface area contributed by atoms with E-state index in [2.05, 4.69) is 40.8 Å². The zero-order valence-electron chi connectivity index (χ0n) is 17.6. The molecule has 0 aliphatic carbocycles. The number of urea groups is 1. The Hall–Kier alpha value is -2.73. The first kappa shape index (κ1) is 20.5. The van der Waals surface area contributed by atoms with Crippen molar-refractivity contribution in [2.24, 2.45) is 5.92 Å². The number of likely N-dealkylation sites (tertiary alicyclic amines) is 1. The number of halogens is 1. The van der Waals surface area contributed by atoms with Crippen LogP contribution in [0.15, 0.2) is 36.7 Å². The number of ether oxygens (including phenoxy) is 1. The molecule has 6 nitrogen and oxygen atoms in total. The average Bonchev–Trinajstić information content (AvgIpc) is 3.10. The van der Waals surface area contributed by atoms with Gasteiger partial charge in [0.05, 0.1) is 30.2 Å². The lowest BCUT2D eigenvalue weighted by Crippen LogP contribution is -2.41. The summed E-state index contributed by atoms with van der Waals surface area (Å²) in [6.07, 6.45) is 3.86. The monoisotopic (exact) mass is 426 g/mol. The summed E-state index contributed by atoms with van der Waals surface area (Å²) in [5.41, 5.74) is 5.37. The summed E-state index contributed by atoms with van der Waals surface area (Å²) in [5.74, 6) is 1.12. The molecule has 1 aliphatic heterocycles. The summed E-state index contributed by atoms with van der Waals surface area (Å²) in [6.45, 7) is 6.64. The fourth-order valence-electron chi connectivity index (χ4n) is 4.03. The molecule has 0 saturated carbocycles. The predicted molar refractivity (Wildman–Crippen MR) is 121 cm³/mol. The van der Waals surface area contributed by atoms with Gasteiger partial charge in [0, 0.05) is 24.7 Å². The predicted octanol–water partition coefficient (Wildman–Crippen LogP) is 5.26. The summed E-state index contributed by atoms with van der Waals surface area (Å²) >= 11 is 6.06. The van der Waals surface area contributed by atoms with E-state index in [1.807, 2.05) is 11.2 Å². The van der Waals surface area contributed by atoms with Gasteiger partial charge in [0.15, 0.2) is 0 Å². The minimum atomic E-state index is -0.117. The van der Waals surface area contributed by atoms with Crippen molar-refractivity contribution in [2.45, 2.75) is 33.2 Å². The minimum Gasteiger partial charge on any atom is -0.495 e. The number of fused-ring (bicyclic) bond motifs is 1. The number of nitrogens with one attached hydrogen (secondary N) is 1. The van der Waals surface area contributed by atoms with Gasteiger partial charge in [0.2, 0.25) is 0 Å². The number of aromatic nitrogens is 2. The third kappa shape index (κ3) is 4.24. The van der Waals surface area contributed by atoms with Gasteiger partial charge in [-0.2, -0.15) is 0 Å². The van der Waals surface area contributed by atoms with Crippen LogP contribution >= 0.6 is 11.6 Å². The Morgan fingerprint density at radius 2 is 1.93 bits per heavy atom. The van der Waals surface area contributed by atoms with Crippen molar-refractivity contribution in [1.29, 1.82) is 0 Å². The second-order valence-corrected chi connectivity index (χ2v) is 8.46. The summed E-state index contributed by atoms with van der Waals surface area (Å²) in [5, 5.41) is 3.49. The highest BCUT2D eigenvalue weighted by atomic mass is 35.5. The van der Waals surface area contributed by atoms with Crippen LogP contribution in [-0.2, 0) is 6.54 Å². The highest BCUT2D eigenvalue weighted by Crippen LogP contribution is 2.29. The molecule has 0 spiro atoms. The number of carbonyl (C=O) groups excluding carboxylic acids is 1. The van der Waals surface area contributed by atoms with E-state index >= 15 is 0 Å². The smallest absolute Gasteiger partial charge is 0.321 e. The average molecular weight is 427 g/mol. The molecule has 0 bridgehead atoms. The number of carbonyl (C=O) groups is 1. The topological polar surface area (TPSA) is 59.4 Å². The number of aryl methyl sites for hydroxylation is 2. The zero-order chi connectivity index (χ0) is 21.3. The molecule has 2 amide bonds. The standard InChI is InChI=1S/C23H27ClN4O2/c1-15-10-19-21(11-16(15)2)28(14-25-19)13-17-6-8-27(9-7-17)23(29)26-20-12-18(24)4-5-22(20)30-3/h4-5,10-12,14,17H,6-9,13H2,1-3H3,(H,26,29). The summed E-state index contributed by atoms with van der Waals surface area (Å²) < 4.78 is 7.56. The van der Waals surface area contributed by atoms with E-state index in [0.717, 1.165) is 38.0 Å². The van der Waals surface area contributed by atoms with Crippen molar-refractivity contribution in [3.8, 4) is 5.75 Å². The molecule has 0 atom stereocenters. The molecule has 7 heteroatoms. The van der Waals surface area contributed by atoms with Gasteiger partial charge in [-0.05, 0) is 74.1 Å². The van der Waals surface area contributed by atoms with Crippen LogP contribution in [0, 0.1) is 19.8 Å². The highest BCUT2D eigenvalue weighted by molar-refractivity contribution is 6.31. The molecule has 4 rings (SSSR count). The van der Waals surface area contributed by atoms with Crippen LogP contribution in [0.3, 0.4) is 0 Å². The molecule has 1 aliphatic rings. The number of anilines is 1. The number of imidazole rings is 1. The van der Waals surface area contributed by atoms with Gasteiger partial charge >= 0.3 is 6.03 Å². The Morgan fingerprint density at radius 3 is 2.67 bits per heavy atom. The van der Waals surface area contributed by atoms with Crippen molar-refractivity contribution in [2.75, 3.05) is 25.5 Å². The van der Waals surface area contributed by atoms with Gasteiger partial charge in [-0.1, -0.05) is 11.6 Å². The van der Waals surface area contributed by atoms with Crippen molar-refractivity contribution in [3.63, 3.8) is 0 Å². The molecule has 2 heterocycles. The largest absolute Gasteiger partial charge is 0.495 e. The molecule has 1 saturated heterocycles. The van der Waals surface area contributed by atoms with Gasteiger partial charge < -0.3 is 19.5 Å². The van der Waals surface area contributed by atoms with Crippen LogP contribution in [0.1, 0.15) is 24.0 Å². The highest BCUT2D eigenvalue weighted by Gasteiger charge is 2.24. The SMILES string of the molecule is COc1ccc(Cl)cc1NC(=O)N1CCC(Cn2cnc3cc(C)c(C)cc32)CC1. The quantitative estimate of drug-likeness (QED) is 0.619. The Morgan fingerprint density at radius 1 is 1.20 bits per heavy atom. The van der Waals surface area contributed by atoms with E-state index in [0.29, 0.717) is 22.4 Å². The van der Waals surface area contributed by atoms with Crippen LogP contribution < -0.4 is 10.1 Å².